The Bertz CT molecular complexity index is 568. The smallest absolute Gasteiger partial charge is 0.270 e. The minimum Gasteiger partial charge on any atom is -0.300 e. The van der Waals surface area contributed by atoms with Crippen LogP contribution in [0.2, 0.25) is 0 Å². The van der Waals surface area contributed by atoms with Gasteiger partial charge in [-0.25, -0.2) is 0 Å². The van der Waals surface area contributed by atoms with Gasteiger partial charge in [0.2, 0.25) is 0 Å². The zero-order chi connectivity index (χ0) is 12.6. The summed E-state index contributed by atoms with van der Waals surface area (Å²) in [5.41, 5.74) is 7.24. The Hall–Kier alpha value is -2.13. The lowest BCUT2D eigenvalue weighted by Gasteiger charge is -2.10. The maximum absolute atomic E-state index is 11.9. The van der Waals surface area contributed by atoms with Crippen LogP contribution in [-0.2, 0) is 11.2 Å². The normalized spacial score (nSPS) is 22.1. The number of carbonyl (C=O) groups excluding carboxylic acids is 1. The van der Waals surface area contributed by atoms with Crippen molar-refractivity contribution in [1.29, 1.82) is 0 Å². The highest BCUT2D eigenvalue weighted by molar-refractivity contribution is 6.19. The van der Waals surface area contributed by atoms with E-state index in [2.05, 4.69) is 0 Å². The molecule has 0 radical (unpaired) electrons. The van der Waals surface area contributed by atoms with Gasteiger partial charge in [-0.3, -0.25) is 9.69 Å². The summed E-state index contributed by atoms with van der Waals surface area (Å²) >= 11 is 0. The molecule has 1 saturated heterocycles. The topological polar surface area (TPSA) is 46.1 Å². The summed E-state index contributed by atoms with van der Waals surface area (Å²) in [4.78, 5) is 13.6. The fourth-order valence-corrected chi connectivity index (χ4v) is 2.26. The second kappa shape index (κ2) is 3.96. The first-order chi connectivity index (χ1) is 8.72. The van der Waals surface area contributed by atoms with Gasteiger partial charge in [0.25, 0.3) is 5.91 Å². The van der Waals surface area contributed by atoms with Crippen molar-refractivity contribution in [2.24, 2.45) is 5.73 Å². The molecular formula is C15H14N2O. The highest BCUT2D eigenvalue weighted by Gasteiger charge is 2.60. The van der Waals surface area contributed by atoms with Gasteiger partial charge in [-0.1, -0.05) is 48.5 Å². The fraction of sp³-hybridized carbons (Fsp3) is 0.133. The molecule has 1 atom stereocenters. The maximum Gasteiger partial charge on any atom is 0.270 e. The van der Waals surface area contributed by atoms with E-state index in [4.69, 9.17) is 5.73 Å². The molecule has 0 spiro atoms. The summed E-state index contributed by atoms with van der Waals surface area (Å²) in [6.45, 7) is 0. The molecule has 1 aliphatic rings. The largest absolute Gasteiger partial charge is 0.300 e. The monoisotopic (exact) mass is 238 g/mol. The number of anilines is 1. The predicted molar refractivity (Wildman–Crippen MR) is 71.0 cm³/mol. The summed E-state index contributed by atoms with van der Waals surface area (Å²) in [5.74, 6) is -0.0162. The Balaban J connectivity index is 1.83. The SMILES string of the molecule is NC1(Cc2ccccc2)C(=O)N1c1ccccc1. The molecule has 1 unspecified atom stereocenters. The Kier molecular flexibility index (Phi) is 2.42. The third kappa shape index (κ3) is 1.69. The van der Waals surface area contributed by atoms with Gasteiger partial charge in [-0.05, 0) is 17.7 Å². The minimum absolute atomic E-state index is 0.0162. The zero-order valence-electron chi connectivity index (χ0n) is 9.91. The molecule has 3 rings (SSSR count). The van der Waals surface area contributed by atoms with E-state index >= 15 is 0 Å². The third-order valence-electron chi connectivity index (χ3n) is 3.25. The number of amides is 1. The van der Waals surface area contributed by atoms with Gasteiger partial charge < -0.3 is 5.73 Å². The number of hydrogen-bond acceptors (Lipinski definition) is 2. The van der Waals surface area contributed by atoms with E-state index in [1.54, 1.807) is 4.90 Å². The number of carbonyl (C=O) groups is 1. The lowest BCUT2D eigenvalue weighted by atomic mass is 10.1. The van der Waals surface area contributed by atoms with Crippen molar-refractivity contribution in [3.8, 4) is 0 Å². The van der Waals surface area contributed by atoms with Gasteiger partial charge in [0.1, 0.15) is 0 Å². The molecule has 1 fully saturated rings. The Labute approximate surface area is 106 Å². The number of benzene rings is 2. The van der Waals surface area contributed by atoms with E-state index in [0.29, 0.717) is 6.42 Å². The van der Waals surface area contributed by atoms with Gasteiger partial charge in [-0.2, -0.15) is 0 Å². The van der Waals surface area contributed by atoms with E-state index in [-0.39, 0.29) is 5.91 Å². The standard InChI is InChI=1S/C15H14N2O/c16-15(11-12-7-3-1-4-8-12)14(18)17(15)13-9-5-2-6-10-13/h1-10H,11,16H2. The van der Waals surface area contributed by atoms with Gasteiger partial charge in [0.15, 0.2) is 5.66 Å². The molecule has 2 N–H and O–H groups in total. The van der Waals surface area contributed by atoms with Crippen LogP contribution in [0.3, 0.4) is 0 Å². The van der Waals surface area contributed by atoms with Crippen molar-refractivity contribution in [3.05, 3.63) is 66.2 Å². The van der Waals surface area contributed by atoms with Gasteiger partial charge in [-0.15, -0.1) is 0 Å². The predicted octanol–water partition coefficient (Wildman–Crippen LogP) is 1.93. The first kappa shape index (κ1) is 11.0. The van der Waals surface area contributed by atoms with E-state index in [0.717, 1.165) is 11.3 Å². The van der Waals surface area contributed by atoms with Gasteiger partial charge in [0, 0.05) is 12.1 Å². The van der Waals surface area contributed by atoms with Crippen molar-refractivity contribution >= 4 is 11.6 Å². The molecule has 2 aromatic carbocycles. The van der Waals surface area contributed by atoms with E-state index in [9.17, 15) is 4.79 Å². The van der Waals surface area contributed by atoms with Crippen molar-refractivity contribution in [3.63, 3.8) is 0 Å². The lowest BCUT2D eigenvalue weighted by molar-refractivity contribution is -0.111. The molecule has 18 heavy (non-hydrogen) atoms. The van der Waals surface area contributed by atoms with Crippen LogP contribution in [0, 0.1) is 0 Å². The molecule has 90 valence electrons. The Morgan fingerprint density at radius 2 is 1.50 bits per heavy atom. The van der Waals surface area contributed by atoms with Crippen LogP contribution < -0.4 is 10.6 Å². The van der Waals surface area contributed by atoms with Crippen molar-refractivity contribution in [2.45, 2.75) is 12.1 Å². The average Bonchev–Trinajstić information content (AvgIpc) is 2.93. The molecule has 1 amide bonds. The summed E-state index contributed by atoms with van der Waals surface area (Å²) in [6.07, 6.45) is 0.543. The number of nitrogens with zero attached hydrogens (tertiary/aromatic N) is 1. The first-order valence-corrected chi connectivity index (χ1v) is 5.94. The fourth-order valence-electron chi connectivity index (χ4n) is 2.26. The van der Waals surface area contributed by atoms with E-state index in [1.165, 1.54) is 0 Å². The molecule has 0 aromatic heterocycles. The van der Waals surface area contributed by atoms with Crippen LogP contribution in [0.15, 0.2) is 60.7 Å². The Morgan fingerprint density at radius 3 is 2.11 bits per heavy atom. The van der Waals surface area contributed by atoms with E-state index < -0.39 is 5.66 Å². The number of rotatable bonds is 3. The lowest BCUT2D eigenvalue weighted by Crippen LogP contribution is -2.33. The minimum atomic E-state index is -0.872. The van der Waals surface area contributed by atoms with Gasteiger partial charge >= 0.3 is 0 Å². The van der Waals surface area contributed by atoms with Crippen LogP contribution in [0.5, 0.6) is 0 Å². The second-order valence-corrected chi connectivity index (χ2v) is 4.56. The van der Waals surface area contributed by atoms with E-state index in [1.807, 2.05) is 60.7 Å². The Morgan fingerprint density at radius 1 is 0.944 bits per heavy atom. The molecule has 0 aliphatic carbocycles. The number of hydrogen-bond donors (Lipinski definition) is 1. The summed E-state index contributed by atoms with van der Waals surface area (Å²) in [7, 11) is 0. The molecule has 3 nitrogen and oxygen atoms in total. The first-order valence-electron chi connectivity index (χ1n) is 5.94. The zero-order valence-corrected chi connectivity index (χ0v) is 9.91. The average molecular weight is 238 g/mol. The summed E-state index contributed by atoms with van der Waals surface area (Å²) < 4.78 is 0. The van der Waals surface area contributed by atoms with Crippen molar-refractivity contribution < 1.29 is 4.79 Å². The van der Waals surface area contributed by atoms with Crippen LogP contribution >= 0.6 is 0 Å². The highest BCUT2D eigenvalue weighted by Crippen LogP contribution is 2.37. The quantitative estimate of drug-likeness (QED) is 0.830. The number of nitrogens with two attached hydrogens (primary N) is 1. The molecular weight excluding hydrogens is 224 g/mol. The summed E-state index contributed by atoms with van der Waals surface area (Å²) in [5, 5.41) is 0. The number of para-hydroxylation sites is 1. The van der Waals surface area contributed by atoms with Crippen molar-refractivity contribution in [2.75, 3.05) is 4.90 Å². The van der Waals surface area contributed by atoms with Crippen LogP contribution in [0.1, 0.15) is 5.56 Å². The molecule has 2 aromatic rings. The molecule has 3 heteroatoms. The molecule has 0 saturated carbocycles. The second-order valence-electron chi connectivity index (χ2n) is 4.56. The van der Waals surface area contributed by atoms with Gasteiger partial charge in [0.05, 0.1) is 0 Å². The van der Waals surface area contributed by atoms with Crippen molar-refractivity contribution in [1.82, 2.24) is 0 Å². The van der Waals surface area contributed by atoms with Crippen LogP contribution in [0.25, 0.3) is 0 Å². The summed E-state index contributed by atoms with van der Waals surface area (Å²) in [6, 6.07) is 19.4. The van der Waals surface area contributed by atoms with Crippen LogP contribution in [0.4, 0.5) is 5.69 Å². The molecule has 1 aliphatic heterocycles. The highest BCUT2D eigenvalue weighted by atomic mass is 16.2. The maximum atomic E-state index is 11.9. The third-order valence-corrected chi connectivity index (χ3v) is 3.25. The van der Waals surface area contributed by atoms with Crippen LogP contribution in [-0.4, -0.2) is 11.6 Å². The molecule has 1 heterocycles. The molecule has 0 bridgehead atoms.